The average molecular weight is 638 g/mol. The van der Waals surface area contributed by atoms with Gasteiger partial charge in [0.1, 0.15) is 0 Å². The van der Waals surface area contributed by atoms with Gasteiger partial charge >= 0.3 is 0 Å². The Labute approximate surface area is 291 Å². The van der Waals surface area contributed by atoms with E-state index in [-0.39, 0.29) is 0 Å². The van der Waals surface area contributed by atoms with Crippen molar-refractivity contribution in [3.05, 3.63) is 188 Å². The molecule has 9 aromatic rings. The van der Waals surface area contributed by atoms with Gasteiger partial charge in [0.25, 0.3) is 0 Å². The lowest BCUT2D eigenvalue weighted by molar-refractivity contribution is 1.07. The second-order valence-electron chi connectivity index (χ2n) is 12.5. The molecule has 0 radical (unpaired) electrons. The molecule has 50 heavy (non-hydrogen) atoms. The number of hydrogen-bond acceptors (Lipinski definition) is 3. The summed E-state index contributed by atoms with van der Waals surface area (Å²) in [6.45, 7) is 0. The molecule has 0 fully saturated rings. The van der Waals surface area contributed by atoms with Crippen LogP contribution in [-0.2, 0) is 0 Å². The third kappa shape index (κ3) is 5.61. The standard InChI is InChI=1S/C47H31N3/c1-3-13-32(14-4-1)33-25-27-34(28-26-33)36-18-11-20-39(29-36)46-48-45(35-15-5-2-6-16-35)49-47(50-46)40-21-12-19-37(30-40)44-31-38-17-7-8-22-41(38)42-23-9-10-24-43(42)44/h1-31H. The van der Waals surface area contributed by atoms with Crippen molar-refractivity contribution >= 4 is 21.5 Å². The fourth-order valence-electron chi connectivity index (χ4n) is 6.79. The van der Waals surface area contributed by atoms with Crippen LogP contribution in [0.2, 0.25) is 0 Å². The van der Waals surface area contributed by atoms with Gasteiger partial charge in [0.05, 0.1) is 0 Å². The summed E-state index contributed by atoms with van der Waals surface area (Å²) in [4.78, 5) is 15.2. The molecule has 234 valence electrons. The molecule has 9 rings (SSSR count). The Morgan fingerprint density at radius 3 is 1.32 bits per heavy atom. The average Bonchev–Trinajstić information content (AvgIpc) is 3.21. The highest BCUT2D eigenvalue weighted by Crippen LogP contribution is 2.37. The molecular weight excluding hydrogens is 607 g/mol. The van der Waals surface area contributed by atoms with Gasteiger partial charge in [-0.05, 0) is 73.1 Å². The Balaban J connectivity index is 1.15. The lowest BCUT2D eigenvalue weighted by atomic mass is 9.92. The Hall–Kier alpha value is -6.71. The first-order valence-electron chi connectivity index (χ1n) is 16.9. The first kappa shape index (κ1) is 29.4. The van der Waals surface area contributed by atoms with Crippen LogP contribution in [0.3, 0.4) is 0 Å². The van der Waals surface area contributed by atoms with Crippen molar-refractivity contribution < 1.29 is 0 Å². The zero-order chi connectivity index (χ0) is 33.3. The predicted molar refractivity (Wildman–Crippen MR) is 207 cm³/mol. The van der Waals surface area contributed by atoms with Crippen molar-refractivity contribution in [2.24, 2.45) is 0 Å². The molecule has 0 spiro atoms. The van der Waals surface area contributed by atoms with Gasteiger partial charge in [-0.1, -0.05) is 170 Å². The maximum Gasteiger partial charge on any atom is 0.164 e. The highest BCUT2D eigenvalue weighted by molar-refractivity contribution is 6.13. The van der Waals surface area contributed by atoms with E-state index >= 15 is 0 Å². The van der Waals surface area contributed by atoms with Gasteiger partial charge in [0.15, 0.2) is 17.5 Å². The van der Waals surface area contributed by atoms with Crippen molar-refractivity contribution in [2.75, 3.05) is 0 Å². The molecule has 0 aliphatic heterocycles. The minimum Gasteiger partial charge on any atom is -0.208 e. The summed E-state index contributed by atoms with van der Waals surface area (Å²) in [5.74, 6) is 1.92. The van der Waals surface area contributed by atoms with Crippen LogP contribution in [0.4, 0.5) is 0 Å². The molecule has 0 unspecified atom stereocenters. The molecule has 0 aliphatic carbocycles. The van der Waals surface area contributed by atoms with Crippen molar-refractivity contribution in [3.8, 4) is 67.5 Å². The van der Waals surface area contributed by atoms with Crippen LogP contribution < -0.4 is 0 Å². The normalized spacial score (nSPS) is 11.2. The van der Waals surface area contributed by atoms with E-state index < -0.39 is 0 Å². The minimum atomic E-state index is 0.637. The molecule has 0 saturated carbocycles. The summed E-state index contributed by atoms with van der Waals surface area (Å²) in [5.41, 5.74) is 9.77. The SMILES string of the molecule is c1ccc(-c2ccc(-c3cccc(-c4nc(-c5ccccc5)nc(-c5cccc(-c6cc7ccccc7c7ccccc67)c5)n4)c3)cc2)cc1. The summed E-state index contributed by atoms with van der Waals surface area (Å²) in [7, 11) is 0. The zero-order valence-electron chi connectivity index (χ0n) is 27.2. The van der Waals surface area contributed by atoms with Crippen LogP contribution in [0, 0.1) is 0 Å². The van der Waals surface area contributed by atoms with E-state index in [1.54, 1.807) is 0 Å². The fourth-order valence-corrected chi connectivity index (χ4v) is 6.79. The lowest BCUT2D eigenvalue weighted by Gasteiger charge is -2.13. The van der Waals surface area contributed by atoms with Gasteiger partial charge in [0, 0.05) is 16.7 Å². The quantitative estimate of drug-likeness (QED) is 0.170. The Morgan fingerprint density at radius 1 is 0.240 bits per heavy atom. The number of nitrogens with zero attached hydrogens (tertiary/aromatic N) is 3. The van der Waals surface area contributed by atoms with Crippen molar-refractivity contribution in [3.63, 3.8) is 0 Å². The van der Waals surface area contributed by atoms with E-state index in [9.17, 15) is 0 Å². The van der Waals surface area contributed by atoms with Crippen LogP contribution in [0.25, 0.3) is 89.1 Å². The molecule has 0 atom stereocenters. The van der Waals surface area contributed by atoms with Crippen LogP contribution in [-0.4, -0.2) is 15.0 Å². The van der Waals surface area contributed by atoms with Crippen LogP contribution in [0.5, 0.6) is 0 Å². The Bertz CT molecular complexity index is 2630. The Morgan fingerprint density at radius 2 is 0.660 bits per heavy atom. The molecule has 0 amide bonds. The van der Waals surface area contributed by atoms with Crippen LogP contribution in [0.15, 0.2) is 188 Å². The topological polar surface area (TPSA) is 38.7 Å². The lowest BCUT2D eigenvalue weighted by Crippen LogP contribution is -2.00. The first-order chi connectivity index (χ1) is 24.8. The van der Waals surface area contributed by atoms with Crippen molar-refractivity contribution in [1.82, 2.24) is 15.0 Å². The fraction of sp³-hybridized carbons (Fsp3) is 0. The third-order valence-corrected chi connectivity index (χ3v) is 9.31. The van der Waals surface area contributed by atoms with E-state index in [1.807, 2.05) is 36.4 Å². The largest absolute Gasteiger partial charge is 0.208 e. The summed E-state index contributed by atoms with van der Waals surface area (Å²) in [6, 6.07) is 65.9. The minimum absolute atomic E-state index is 0.637. The number of aromatic nitrogens is 3. The van der Waals surface area contributed by atoms with Gasteiger partial charge in [-0.2, -0.15) is 0 Å². The van der Waals surface area contributed by atoms with Gasteiger partial charge < -0.3 is 0 Å². The first-order valence-corrected chi connectivity index (χ1v) is 16.9. The number of benzene rings is 8. The summed E-state index contributed by atoms with van der Waals surface area (Å²) in [6.07, 6.45) is 0. The molecule has 0 N–H and O–H groups in total. The maximum atomic E-state index is 5.11. The highest BCUT2D eigenvalue weighted by atomic mass is 15.0. The summed E-state index contributed by atoms with van der Waals surface area (Å²) >= 11 is 0. The number of hydrogen-bond donors (Lipinski definition) is 0. The van der Waals surface area contributed by atoms with Gasteiger partial charge in [0.2, 0.25) is 0 Å². The molecule has 1 aromatic heterocycles. The number of fused-ring (bicyclic) bond motifs is 3. The van der Waals surface area contributed by atoms with Crippen LogP contribution in [0.1, 0.15) is 0 Å². The zero-order valence-corrected chi connectivity index (χ0v) is 27.2. The van der Waals surface area contributed by atoms with Crippen molar-refractivity contribution in [2.45, 2.75) is 0 Å². The summed E-state index contributed by atoms with van der Waals surface area (Å²) < 4.78 is 0. The molecule has 8 aromatic carbocycles. The van der Waals surface area contributed by atoms with Crippen LogP contribution >= 0.6 is 0 Å². The van der Waals surface area contributed by atoms with Gasteiger partial charge in [-0.15, -0.1) is 0 Å². The second kappa shape index (κ2) is 12.7. The van der Waals surface area contributed by atoms with Crippen molar-refractivity contribution in [1.29, 1.82) is 0 Å². The Kier molecular flexibility index (Phi) is 7.49. The van der Waals surface area contributed by atoms with Gasteiger partial charge in [-0.25, -0.2) is 15.0 Å². The van der Waals surface area contributed by atoms with Gasteiger partial charge in [-0.3, -0.25) is 0 Å². The predicted octanol–water partition coefficient (Wildman–Crippen LogP) is 12.2. The van der Waals surface area contributed by atoms with E-state index in [0.717, 1.165) is 33.4 Å². The van der Waals surface area contributed by atoms with E-state index in [0.29, 0.717) is 17.5 Å². The third-order valence-electron chi connectivity index (χ3n) is 9.31. The van der Waals surface area contributed by atoms with E-state index in [2.05, 4.69) is 152 Å². The van der Waals surface area contributed by atoms with E-state index in [4.69, 9.17) is 15.0 Å². The molecule has 0 saturated heterocycles. The molecule has 3 heteroatoms. The maximum absolute atomic E-state index is 5.11. The molecule has 1 heterocycles. The highest BCUT2D eigenvalue weighted by Gasteiger charge is 2.15. The summed E-state index contributed by atoms with van der Waals surface area (Å²) in [5, 5.41) is 4.94. The monoisotopic (exact) mass is 637 g/mol. The molecule has 0 aliphatic rings. The molecule has 0 bridgehead atoms. The second-order valence-corrected chi connectivity index (χ2v) is 12.5. The molecule has 3 nitrogen and oxygen atoms in total. The molecular formula is C47H31N3. The smallest absolute Gasteiger partial charge is 0.164 e. The number of rotatable bonds is 6. The van der Waals surface area contributed by atoms with E-state index in [1.165, 1.54) is 38.2 Å².